The van der Waals surface area contributed by atoms with Crippen molar-refractivity contribution < 1.29 is 5.11 Å². The van der Waals surface area contributed by atoms with Gasteiger partial charge >= 0.3 is 0 Å². The first-order valence-electron chi connectivity index (χ1n) is 2.97. The molecular weight excluding hydrogens is 114 g/mol. The summed E-state index contributed by atoms with van der Waals surface area (Å²) >= 11 is 0. The van der Waals surface area contributed by atoms with E-state index < -0.39 is 5.60 Å². The maximum Gasteiger partial charge on any atom is 0.0988 e. The molecule has 0 fully saturated rings. The Morgan fingerprint density at radius 3 is 2.56 bits per heavy atom. The van der Waals surface area contributed by atoms with Crippen LogP contribution < -0.4 is 5.73 Å². The molecule has 0 aromatic rings. The molecule has 0 saturated carbocycles. The molecule has 0 bridgehead atoms. The van der Waals surface area contributed by atoms with Gasteiger partial charge in [0.05, 0.1) is 11.6 Å². The largest absolute Gasteiger partial charge is 0.384 e. The van der Waals surface area contributed by atoms with Gasteiger partial charge in [-0.15, -0.1) is 0 Å². The predicted molar refractivity (Wildman–Crippen MR) is 36.9 cm³/mol. The van der Waals surface area contributed by atoms with Crippen LogP contribution in [0, 0.1) is 0 Å². The summed E-state index contributed by atoms with van der Waals surface area (Å²) in [6.07, 6.45) is 7.10. The molecule has 2 unspecified atom stereocenters. The second-order valence-electron chi connectivity index (χ2n) is 2.50. The summed E-state index contributed by atoms with van der Waals surface area (Å²) < 4.78 is 0. The summed E-state index contributed by atoms with van der Waals surface area (Å²) in [6.45, 7) is 1.69. The zero-order valence-corrected chi connectivity index (χ0v) is 5.41. The van der Waals surface area contributed by atoms with E-state index in [0.717, 1.165) is 0 Å². The van der Waals surface area contributed by atoms with Crippen molar-refractivity contribution in [3.63, 3.8) is 0 Å². The summed E-state index contributed by atoms with van der Waals surface area (Å²) in [5.74, 6) is 0. The fourth-order valence-corrected chi connectivity index (χ4v) is 0.740. The zero-order chi connectivity index (χ0) is 6.91. The van der Waals surface area contributed by atoms with E-state index in [2.05, 4.69) is 0 Å². The Hall–Kier alpha value is -0.600. The lowest BCUT2D eigenvalue weighted by Crippen LogP contribution is -2.43. The first kappa shape index (κ1) is 6.52. The molecule has 50 valence electrons. The van der Waals surface area contributed by atoms with Gasteiger partial charge in [-0.3, -0.25) is 0 Å². The summed E-state index contributed by atoms with van der Waals surface area (Å²) in [6, 6.07) is -0.262. The highest BCUT2D eigenvalue weighted by atomic mass is 16.3. The first-order chi connectivity index (χ1) is 4.13. The van der Waals surface area contributed by atoms with E-state index in [4.69, 9.17) is 5.73 Å². The summed E-state index contributed by atoms with van der Waals surface area (Å²) in [5, 5.41) is 9.38. The molecule has 0 saturated heterocycles. The van der Waals surface area contributed by atoms with Gasteiger partial charge in [0.15, 0.2) is 0 Å². The quantitative estimate of drug-likeness (QED) is 0.485. The van der Waals surface area contributed by atoms with Gasteiger partial charge in [-0.25, -0.2) is 0 Å². The van der Waals surface area contributed by atoms with Crippen LogP contribution in [-0.4, -0.2) is 16.7 Å². The Morgan fingerprint density at radius 1 is 1.56 bits per heavy atom. The van der Waals surface area contributed by atoms with Gasteiger partial charge in [0.25, 0.3) is 0 Å². The molecule has 2 nitrogen and oxygen atoms in total. The number of aliphatic hydroxyl groups is 1. The van der Waals surface area contributed by atoms with Crippen LogP contribution in [0.3, 0.4) is 0 Å². The maximum absolute atomic E-state index is 9.38. The van der Waals surface area contributed by atoms with Crippen molar-refractivity contribution in [2.75, 3.05) is 0 Å². The summed E-state index contributed by atoms with van der Waals surface area (Å²) in [4.78, 5) is 0. The predicted octanol–water partition coefficient (Wildman–Crippen LogP) is 0.191. The van der Waals surface area contributed by atoms with Gasteiger partial charge in [0, 0.05) is 0 Å². The SMILES string of the molecule is CC1(O)C=CC=CC1N. The summed E-state index contributed by atoms with van der Waals surface area (Å²) in [7, 11) is 0. The minimum absolute atomic E-state index is 0.262. The average Bonchev–Trinajstić information content (AvgIpc) is 1.77. The molecule has 0 spiro atoms. The normalized spacial score (nSPS) is 41.4. The molecule has 0 heterocycles. The molecule has 2 atom stereocenters. The monoisotopic (exact) mass is 125 g/mol. The second kappa shape index (κ2) is 1.97. The van der Waals surface area contributed by atoms with Crippen LogP contribution >= 0.6 is 0 Å². The molecule has 0 radical (unpaired) electrons. The molecule has 0 aliphatic heterocycles. The molecule has 1 aliphatic rings. The third-order valence-electron chi connectivity index (χ3n) is 1.54. The smallest absolute Gasteiger partial charge is 0.0988 e. The van der Waals surface area contributed by atoms with E-state index >= 15 is 0 Å². The van der Waals surface area contributed by atoms with Gasteiger partial charge in [-0.2, -0.15) is 0 Å². The molecule has 1 aliphatic carbocycles. The fraction of sp³-hybridized carbons (Fsp3) is 0.429. The van der Waals surface area contributed by atoms with Crippen LogP contribution in [0.25, 0.3) is 0 Å². The number of nitrogens with two attached hydrogens (primary N) is 1. The highest BCUT2D eigenvalue weighted by molar-refractivity contribution is 5.22. The number of hydrogen-bond donors (Lipinski definition) is 2. The zero-order valence-electron chi connectivity index (χ0n) is 5.41. The van der Waals surface area contributed by atoms with E-state index in [9.17, 15) is 5.11 Å². The fourth-order valence-electron chi connectivity index (χ4n) is 0.740. The lowest BCUT2D eigenvalue weighted by atomic mass is 9.93. The summed E-state index contributed by atoms with van der Waals surface area (Å²) in [5.41, 5.74) is 4.67. The maximum atomic E-state index is 9.38. The Labute approximate surface area is 54.7 Å². The Bertz CT molecular complexity index is 158. The Morgan fingerprint density at radius 2 is 2.22 bits per heavy atom. The number of allylic oxidation sites excluding steroid dienone is 2. The van der Waals surface area contributed by atoms with Crippen molar-refractivity contribution >= 4 is 0 Å². The van der Waals surface area contributed by atoms with Crippen LogP contribution in [0.5, 0.6) is 0 Å². The highest BCUT2D eigenvalue weighted by Crippen LogP contribution is 2.14. The van der Waals surface area contributed by atoms with Crippen molar-refractivity contribution in [2.24, 2.45) is 5.73 Å². The van der Waals surface area contributed by atoms with Gasteiger partial charge in [-0.05, 0) is 6.92 Å². The highest BCUT2D eigenvalue weighted by Gasteiger charge is 2.24. The lowest BCUT2D eigenvalue weighted by Gasteiger charge is -2.25. The van der Waals surface area contributed by atoms with E-state index in [1.54, 1.807) is 25.2 Å². The van der Waals surface area contributed by atoms with E-state index in [1.807, 2.05) is 6.08 Å². The second-order valence-corrected chi connectivity index (χ2v) is 2.50. The topological polar surface area (TPSA) is 46.2 Å². The van der Waals surface area contributed by atoms with Gasteiger partial charge in [0.1, 0.15) is 0 Å². The lowest BCUT2D eigenvalue weighted by molar-refractivity contribution is 0.0964. The van der Waals surface area contributed by atoms with Gasteiger partial charge < -0.3 is 10.8 Å². The van der Waals surface area contributed by atoms with Crippen molar-refractivity contribution in [1.82, 2.24) is 0 Å². The van der Waals surface area contributed by atoms with Crippen molar-refractivity contribution in [1.29, 1.82) is 0 Å². The number of hydrogen-bond acceptors (Lipinski definition) is 2. The third-order valence-corrected chi connectivity index (χ3v) is 1.54. The van der Waals surface area contributed by atoms with Crippen molar-refractivity contribution in [3.8, 4) is 0 Å². The molecule has 0 amide bonds. The Kier molecular flexibility index (Phi) is 1.43. The van der Waals surface area contributed by atoms with Gasteiger partial charge in [0.2, 0.25) is 0 Å². The average molecular weight is 125 g/mol. The Balaban J connectivity index is 2.78. The van der Waals surface area contributed by atoms with Crippen LogP contribution in [0.4, 0.5) is 0 Å². The molecule has 0 aromatic heterocycles. The molecule has 2 heteroatoms. The standard InChI is InChI=1S/C7H11NO/c1-7(9)5-3-2-4-6(7)8/h2-6,9H,8H2,1H3. The molecular formula is C7H11NO. The van der Waals surface area contributed by atoms with Crippen LogP contribution in [-0.2, 0) is 0 Å². The van der Waals surface area contributed by atoms with E-state index in [1.165, 1.54) is 0 Å². The van der Waals surface area contributed by atoms with E-state index in [-0.39, 0.29) is 6.04 Å². The molecule has 3 N–H and O–H groups in total. The minimum Gasteiger partial charge on any atom is -0.384 e. The van der Waals surface area contributed by atoms with Crippen molar-refractivity contribution in [2.45, 2.75) is 18.6 Å². The van der Waals surface area contributed by atoms with Gasteiger partial charge in [-0.1, -0.05) is 24.3 Å². The number of rotatable bonds is 0. The minimum atomic E-state index is -0.852. The van der Waals surface area contributed by atoms with Crippen LogP contribution in [0.15, 0.2) is 24.3 Å². The van der Waals surface area contributed by atoms with E-state index in [0.29, 0.717) is 0 Å². The first-order valence-corrected chi connectivity index (χ1v) is 2.97. The third kappa shape index (κ3) is 1.20. The molecule has 1 rings (SSSR count). The molecule has 0 aromatic carbocycles. The van der Waals surface area contributed by atoms with Crippen molar-refractivity contribution in [3.05, 3.63) is 24.3 Å². The van der Waals surface area contributed by atoms with Crippen LogP contribution in [0.1, 0.15) is 6.92 Å². The van der Waals surface area contributed by atoms with Crippen LogP contribution in [0.2, 0.25) is 0 Å². The molecule has 9 heavy (non-hydrogen) atoms.